The third kappa shape index (κ3) is 3.00. The van der Waals surface area contributed by atoms with E-state index in [4.69, 9.17) is 0 Å². The van der Waals surface area contributed by atoms with Crippen LogP contribution in [0.1, 0.15) is 23.6 Å². The first kappa shape index (κ1) is 15.1. The Labute approximate surface area is 127 Å². The van der Waals surface area contributed by atoms with Gasteiger partial charge in [-0.2, -0.15) is 0 Å². The van der Waals surface area contributed by atoms with Crippen LogP contribution in [0.15, 0.2) is 42.5 Å². The molecule has 2 atom stereocenters. The third-order valence-electron chi connectivity index (χ3n) is 4.06. The summed E-state index contributed by atoms with van der Waals surface area (Å²) in [5.74, 6) is -2.87. The maximum absolute atomic E-state index is 13.7. The average molecular weight is 306 g/mol. The van der Waals surface area contributed by atoms with Crippen LogP contribution in [0.5, 0.6) is 0 Å². The van der Waals surface area contributed by atoms with E-state index in [1.807, 2.05) is 30.3 Å². The molecule has 1 aliphatic heterocycles. The SMILES string of the molecule is Fc1ccc(F)c(CNC2CCNC2c2ccccc2)c1F. The Kier molecular flexibility index (Phi) is 4.45. The van der Waals surface area contributed by atoms with Crippen molar-refractivity contribution in [2.45, 2.75) is 25.0 Å². The molecule has 0 saturated carbocycles. The lowest BCUT2D eigenvalue weighted by Crippen LogP contribution is -2.34. The Bertz CT molecular complexity index is 646. The van der Waals surface area contributed by atoms with Gasteiger partial charge in [0.05, 0.1) is 0 Å². The van der Waals surface area contributed by atoms with Gasteiger partial charge in [0, 0.05) is 24.2 Å². The fraction of sp³-hybridized carbons (Fsp3) is 0.294. The summed E-state index contributed by atoms with van der Waals surface area (Å²) < 4.78 is 40.6. The van der Waals surface area contributed by atoms with Crippen molar-refractivity contribution >= 4 is 0 Å². The highest BCUT2D eigenvalue weighted by atomic mass is 19.2. The molecule has 0 aliphatic carbocycles. The van der Waals surface area contributed by atoms with Gasteiger partial charge in [0.2, 0.25) is 0 Å². The second-order valence-corrected chi connectivity index (χ2v) is 5.44. The van der Waals surface area contributed by atoms with Crippen molar-refractivity contribution in [3.05, 3.63) is 71.0 Å². The normalized spacial score (nSPS) is 21.2. The smallest absolute Gasteiger partial charge is 0.166 e. The lowest BCUT2D eigenvalue weighted by Gasteiger charge is -2.21. The quantitative estimate of drug-likeness (QED) is 0.847. The van der Waals surface area contributed by atoms with E-state index in [1.54, 1.807) is 0 Å². The second kappa shape index (κ2) is 6.50. The Morgan fingerprint density at radius 2 is 1.73 bits per heavy atom. The molecule has 0 bridgehead atoms. The predicted molar refractivity (Wildman–Crippen MR) is 78.7 cm³/mol. The Morgan fingerprint density at radius 3 is 2.50 bits per heavy atom. The highest BCUT2D eigenvalue weighted by Gasteiger charge is 2.28. The van der Waals surface area contributed by atoms with Crippen molar-refractivity contribution in [3.8, 4) is 0 Å². The minimum absolute atomic E-state index is 0.0366. The topological polar surface area (TPSA) is 24.1 Å². The van der Waals surface area contributed by atoms with E-state index in [0.29, 0.717) is 0 Å². The fourth-order valence-electron chi connectivity index (χ4n) is 2.90. The number of rotatable bonds is 4. The molecule has 0 aromatic heterocycles. The van der Waals surface area contributed by atoms with E-state index in [2.05, 4.69) is 10.6 Å². The van der Waals surface area contributed by atoms with Gasteiger partial charge in [-0.05, 0) is 30.7 Å². The maximum atomic E-state index is 13.7. The van der Waals surface area contributed by atoms with Crippen LogP contribution in [0.2, 0.25) is 0 Å². The molecule has 22 heavy (non-hydrogen) atoms. The molecule has 2 aromatic carbocycles. The number of nitrogens with one attached hydrogen (secondary N) is 2. The zero-order valence-corrected chi connectivity index (χ0v) is 12.0. The molecular formula is C17H17F3N2. The van der Waals surface area contributed by atoms with Crippen LogP contribution >= 0.6 is 0 Å². The van der Waals surface area contributed by atoms with Gasteiger partial charge >= 0.3 is 0 Å². The monoisotopic (exact) mass is 306 g/mol. The molecule has 2 unspecified atom stereocenters. The zero-order chi connectivity index (χ0) is 15.5. The average Bonchev–Trinajstić information content (AvgIpc) is 3.00. The van der Waals surface area contributed by atoms with E-state index in [9.17, 15) is 13.2 Å². The van der Waals surface area contributed by atoms with Crippen molar-refractivity contribution < 1.29 is 13.2 Å². The van der Waals surface area contributed by atoms with Crippen molar-refractivity contribution in [3.63, 3.8) is 0 Å². The Balaban J connectivity index is 1.73. The number of hydrogen-bond donors (Lipinski definition) is 2. The molecule has 2 N–H and O–H groups in total. The first-order chi connectivity index (χ1) is 10.7. The molecule has 2 aromatic rings. The molecular weight excluding hydrogens is 289 g/mol. The van der Waals surface area contributed by atoms with Gasteiger partial charge in [0.1, 0.15) is 5.82 Å². The molecule has 0 amide bonds. The van der Waals surface area contributed by atoms with Crippen LogP contribution < -0.4 is 10.6 Å². The van der Waals surface area contributed by atoms with Gasteiger partial charge in [0.15, 0.2) is 11.6 Å². The summed E-state index contributed by atoms with van der Waals surface area (Å²) in [6, 6.07) is 11.8. The van der Waals surface area contributed by atoms with Gasteiger partial charge in [-0.25, -0.2) is 13.2 Å². The molecule has 2 nitrogen and oxygen atoms in total. The van der Waals surface area contributed by atoms with Crippen molar-refractivity contribution in [1.29, 1.82) is 0 Å². The van der Waals surface area contributed by atoms with E-state index in [1.165, 1.54) is 0 Å². The van der Waals surface area contributed by atoms with E-state index < -0.39 is 17.5 Å². The van der Waals surface area contributed by atoms with Gasteiger partial charge in [-0.3, -0.25) is 0 Å². The Morgan fingerprint density at radius 1 is 1.00 bits per heavy atom. The van der Waals surface area contributed by atoms with Crippen molar-refractivity contribution in [2.24, 2.45) is 0 Å². The maximum Gasteiger partial charge on any atom is 0.166 e. The number of hydrogen-bond acceptors (Lipinski definition) is 2. The van der Waals surface area contributed by atoms with Crippen LogP contribution in [-0.2, 0) is 6.54 Å². The van der Waals surface area contributed by atoms with Crippen LogP contribution in [0.4, 0.5) is 13.2 Å². The van der Waals surface area contributed by atoms with Crippen LogP contribution in [-0.4, -0.2) is 12.6 Å². The fourth-order valence-corrected chi connectivity index (χ4v) is 2.90. The molecule has 1 fully saturated rings. The van der Waals surface area contributed by atoms with Gasteiger partial charge < -0.3 is 10.6 Å². The molecule has 5 heteroatoms. The molecule has 3 rings (SSSR count). The van der Waals surface area contributed by atoms with Gasteiger partial charge in [-0.15, -0.1) is 0 Å². The first-order valence-corrected chi connectivity index (χ1v) is 7.31. The summed E-state index contributed by atoms with van der Waals surface area (Å²) in [6.07, 6.45) is 0.845. The minimum Gasteiger partial charge on any atom is -0.309 e. The van der Waals surface area contributed by atoms with Gasteiger partial charge in [0.25, 0.3) is 0 Å². The van der Waals surface area contributed by atoms with E-state index in [0.717, 1.165) is 30.7 Å². The van der Waals surface area contributed by atoms with Crippen LogP contribution in [0.3, 0.4) is 0 Å². The lowest BCUT2D eigenvalue weighted by atomic mass is 10.0. The first-order valence-electron chi connectivity index (χ1n) is 7.31. The molecule has 1 saturated heterocycles. The predicted octanol–water partition coefficient (Wildman–Crippen LogP) is 3.30. The van der Waals surface area contributed by atoms with Crippen LogP contribution in [0, 0.1) is 17.5 Å². The second-order valence-electron chi connectivity index (χ2n) is 5.44. The minimum atomic E-state index is -1.12. The standard InChI is InChI=1S/C17H17F3N2/c18-13-6-7-14(19)16(20)12(13)10-22-15-8-9-21-17(15)11-4-2-1-3-5-11/h1-7,15,17,21-22H,8-10H2. The summed E-state index contributed by atoms with van der Waals surface area (Å²) in [4.78, 5) is 0. The third-order valence-corrected chi connectivity index (χ3v) is 4.06. The molecule has 1 heterocycles. The summed E-state index contributed by atoms with van der Waals surface area (Å²) >= 11 is 0. The van der Waals surface area contributed by atoms with E-state index in [-0.39, 0.29) is 24.2 Å². The zero-order valence-electron chi connectivity index (χ0n) is 12.0. The highest BCUT2D eigenvalue weighted by molar-refractivity contribution is 5.24. The summed E-state index contributed by atoms with van der Waals surface area (Å²) in [5.41, 5.74) is 0.872. The number of halogens is 3. The summed E-state index contributed by atoms with van der Waals surface area (Å²) in [6.45, 7) is 0.788. The number of benzene rings is 2. The molecule has 0 spiro atoms. The van der Waals surface area contributed by atoms with E-state index >= 15 is 0 Å². The molecule has 0 radical (unpaired) electrons. The largest absolute Gasteiger partial charge is 0.309 e. The summed E-state index contributed by atoms with van der Waals surface area (Å²) in [7, 11) is 0. The van der Waals surface area contributed by atoms with Gasteiger partial charge in [-0.1, -0.05) is 30.3 Å². The lowest BCUT2D eigenvalue weighted by molar-refractivity contribution is 0.431. The summed E-state index contributed by atoms with van der Waals surface area (Å²) in [5, 5.41) is 6.52. The molecule has 116 valence electrons. The molecule has 1 aliphatic rings. The van der Waals surface area contributed by atoms with Crippen molar-refractivity contribution in [1.82, 2.24) is 10.6 Å². The van der Waals surface area contributed by atoms with Crippen LogP contribution in [0.25, 0.3) is 0 Å². The van der Waals surface area contributed by atoms with Crippen molar-refractivity contribution in [2.75, 3.05) is 6.54 Å². The Hall–Kier alpha value is -1.85. The highest BCUT2D eigenvalue weighted by Crippen LogP contribution is 2.24.